The maximum absolute atomic E-state index is 12.3. The maximum atomic E-state index is 12.3. The van der Waals surface area contributed by atoms with Crippen molar-refractivity contribution in [3.63, 3.8) is 0 Å². The second kappa shape index (κ2) is 8.23. The van der Waals surface area contributed by atoms with Crippen LogP contribution in [0.25, 0.3) is 23.0 Å². The number of nitrogens with zero attached hydrogens (tertiary/aromatic N) is 4. The summed E-state index contributed by atoms with van der Waals surface area (Å²) in [5.41, 5.74) is 3.62. The number of aliphatic hydroxyl groups is 1. The van der Waals surface area contributed by atoms with Crippen molar-refractivity contribution >= 4 is 0 Å². The van der Waals surface area contributed by atoms with Crippen LogP contribution in [0, 0.1) is 6.92 Å². The third-order valence-corrected chi connectivity index (χ3v) is 4.48. The van der Waals surface area contributed by atoms with E-state index in [9.17, 15) is 18.3 Å². The molecule has 0 saturated carbocycles. The number of benzene rings is 2. The van der Waals surface area contributed by atoms with E-state index in [1.807, 2.05) is 31.2 Å². The van der Waals surface area contributed by atoms with E-state index in [0.717, 1.165) is 16.8 Å². The van der Waals surface area contributed by atoms with Gasteiger partial charge in [-0.15, -0.1) is 13.2 Å². The van der Waals surface area contributed by atoms with Gasteiger partial charge in [-0.1, -0.05) is 29.4 Å². The number of alkyl halides is 3. The Kier molecular flexibility index (Phi) is 5.47. The lowest BCUT2D eigenvalue weighted by molar-refractivity contribution is -0.274. The zero-order valence-corrected chi connectivity index (χ0v) is 16.3. The summed E-state index contributed by atoms with van der Waals surface area (Å²) >= 11 is 0. The fourth-order valence-electron chi connectivity index (χ4n) is 3.02. The van der Waals surface area contributed by atoms with E-state index < -0.39 is 6.36 Å². The van der Waals surface area contributed by atoms with Gasteiger partial charge >= 0.3 is 6.36 Å². The monoisotopic (exact) mass is 430 g/mol. The maximum Gasteiger partial charge on any atom is 0.573 e. The molecule has 31 heavy (non-hydrogen) atoms. The van der Waals surface area contributed by atoms with E-state index in [0.29, 0.717) is 17.8 Å². The minimum Gasteiger partial charge on any atom is -0.406 e. The van der Waals surface area contributed by atoms with E-state index in [2.05, 4.69) is 20.0 Å². The molecule has 160 valence electrons. The third-order valence-electron chi connectivity index (χ3n) is 4.48. The molecule has 0 fully saturated rings. The molecule has 0 aliphatic carbocycles. The number of aliphatic hydroxyl groups excluding tert-OH is 1. The van der Waals surface area contributed by atoms with Crippen molar-refractivity contribution in [1.82, 2.24) is 19.9 Å². The second-order valence-corrected chi connectivity index (χ2v) is 6.80. The van der Waals surface area contributed by atoms with Crippen LogP contribution in [0.15, 0.2) is 59.1 Å². The molecule has 0 bridgehead atoms. The number of aryl methyl sites for hydroxylation is 1. The molecule has 0 saturated heterocycles. The van der Waals surface area contributed by atoms with Gasteiger partial charge < -0.3 is 14.4 Å². The molecule has 0 atom stereocenters. The minimum atomic E-state index is -4.75. The van der Waals surface area contributed by atoms with Gasteiger partial charge in [-0.2, -0.15) is 10.1 Å². The molecule has 10 heteroatoms. The highest BCUT2D eigenvalue weighted by Gasteiger charge is 2.31. The molecule has 0 spiro atoms. The van der Waals surface area contributed by atoms with E-state index in [4.69, 9.17) is 4.52 Å². The molecule has 2 heterocycles. The first-order valence-corrected chi connectivity index (χ1v) is 9.24. The SMILES string of the molecule is Cc1cc(-c2nc(-c3ccc(OC(F)(F)F)cc3)no2)nn1Cc1cccc(CO)c1. The van der Waals surface area contributed by atoms with Crippen LogP contribution >= 0.6 is 0 Å². The number of hydrogen-bond donors (Lipinski definition) is 1. The molecule has 0 radical (unpaired) electrons. The number of hydrogen-bond acceptors (Lipinski definition) is 6. The Bertz CT molecular complexity index is 1180. The van der Waals surface area contributed by atoms with Crippen molar-refractivity contribution in [2.45, 2.75) is 26.4 Å². The zero-order chi connectivity index (χ0) is 22.0. The summed E-state index contributed by atoms with van der Waals surface area (Å²) in [6, 6.07) is 14.5. The van der Waals surface area contributed by atoms with Crippen molar-refractivity contribution in [1.29, 1.82) is 0 Å². The van der Waals surface area contributed by atoms with Crippen LogP contribution in [0.3, 0.4) is 0 Å². The molecular weight excluding hydrogens is 413 g/mol. The number of rotatable bonds is 6. The van der Waals surface area contributed by atoms with Crippen LogP contribution in [0.5, 0.6) is 5.75 Å². The molecule has 4 rings (SSSR count). The van der Waals surface area contributed by atoms with Crippen molar-refractivity contribution in [2.75, 3.05) is 0 Å². The van der Waals surface area contributed by atoms with E-state index >= 15 is 0 Å². The van der Waals surface area contributed by atoms with Crippen molar-refractivity contribution in [3.8, 4) is 28.7 Å². The summed E-state index contributed by atoms with van der Waals surface area (Å²) in [7, 11) is 0. The molecule has 2 aromatic heterocycles. The lowest BCUT2D eigenvalue weighted by atomic mass is 10.1. The zero-order valence-electron chi connectivity index (χ0n) is 16.3. The summed E-state index contributed by atoms with van der Waals surface area (Å²) in [5.74, 6) is 0.0765. The van der Waals surface area contributed by atoms with Gasteiger partial charge in [-0.3, -0.25) is 4.68 Å². The van der Waals surface area contributed by atoms with Gasteiger partial charge in [0.25, 0.3) is 5.89 Å². The van der Waals surface area contributed by atoms with Crippen LogP contribution in [-0.2, 0) is 13.2 Å². The summed E-state index contributed by atoms with van der Waals surface area (Å²) in [6.45, 7) is 2.36. The predicted molar refractivity (Wildman–Crippen MR) is 104 cm³/mol. The van der Waals surface area contributed by atoms with Crippen LogP contribution in [0.4, 0.5) is 13.2 Å². The van der Waals surface area contributed by atoms with Gasteiger partial charge in [0.1, 0.15) is 5.75 Å². The van der Waals surface area contributed by atoms with Gasteiger partial charge in [-0.25, -0.2) is 0 Å². The molecular formula is C21H17F3N4O3. The number of aromatic nitrogens is 4. The van der Waals surface area contributed by atoms with Crippen molar-refractivity contribution in [2.24, 2.45) is 0 Å². The van der Waals surface area contributed by atoms with Crippen molar-refractivity contribution in [3.05, 3.63) is 71.4 Å². The average molecular weight is 430 g/mol. The molecule has 1 N–H and O–H groups in total. The normalized spacial score (nSPS) is 11.6. The lowest BCUT2D eigenvalue weighted by Gasteiger charge is -2.08. The second-order valence-electron chi connectivity index (χ2n) is 6.80. The Morgan fingerprint density at radius 2 is 1.81 bits per heavy atom. The molecule has 0 unspecified atom stereocenters. The highest BCUT2D eigenvalue weighted by Crippen LogP contribution is 2.27. The van der Waals surface area contributed by atoms with Crippen molar-refractivity contribution < 1.29 is 27.5 Å². The smallest absolute Gasteiger partial charge is 0.406 e. The molecule has 2 aromatic carbocycles. The fraction of sp³-hybridized carbons (Fsp3) is 0.190. The molecule has 0 amide bonds. The summed E-state index contributed by atoms with van der Waals surface area (Å²) in [6.07, 6.45) is -4.75. The van der Waals surface area contributed by atoms with Crippen LogP contribution in [0.2, 0.25) is 0 Å². The van der Waals surface area contributed by atoms with Gasteiger partial charge in [0.05, 0.1) is 13.2 Å². The lowest BCUT2D eigenvalue weighted by Crippen LogP contribution is -2.16. The summed E-state index contributed by atoms with van der Waals surface area (Å²) in [5, 5.41) is 17.7. The Balaban J connectivity index is 1.52. The molecule has 4 aromatic rings. The summed E-state index contributed by atoms with van der Waals surface area (Å²) in [4.78, 5) is 4.29. The van der Waals surface area contributed by atoms with Gasteiger partial charge in [0.15, 0.2) is 5.69 Å². The van der Waals surface area contributed by atoms with Gasteiger partial charge in [0.2, 0.25) is 5.82 Å². The topological polar surface area (TPSA) is 86.2 Å². The minimum absolute atomic E-state index is 0.0365. The van der Waals surface area contributed by atoms with Gasteiger partial charge in [0, 0.05) is 11.3 Å². The quantitative estimate of drug-likeness (QED) is 0.490. The average Bonchev–Trinajstić information content (AvgIpc) is 3.35. The van der Waals surface area contributed by atoms with Crippen LogP contribution in [0.1, 0.15) is 16.8 Å². The highest BCUT2D eigenvalue weighted by atomic mass is 19.4. The first-order valence-electron chi connectivity index (χ1n) is 9.24. The van der Waals surface area contributed by atoms with Crippen LogP contribution in [-0.4, -0.2) is 31.4 Å². The fourth-order valence-corrected chi connectivity index (χ4v) is 3.02. The van der Waals surface area contributed by atoms with E-state index in [1.165, 1.54) is 24.3 Å². The Labute approximate surface area is 174 Å². The first-order chi connectivity index (χ1) is 14.8. The Morgan fingerprint density at radius 1 is 1.06 bits per heavy atom. The van der Waals surface area contributed by atoms with Crippen LogP contribution < -0.4 is 4.74 Å². The van der Waals surface area contributed by atoms with E-state index in [1.54, 1.807) is 10.7 Å². The molecule has 7 nitrogen and oxygen atoms in total. The largest absolute Gasteiger partial charge is 0.573 e. The predicted octanol–water partition coefficient (Wildman–Crippen LogP) is 4.35. The standard InChI is InChI=1S/C21H17F3N4O3/c1-13-9-18(26-28(13)11-14-3-2-4-15(10-14)12-29)20-25-19(27-31-20)16-5-7-17(8-6-16)30-21(22,23)24/h2-10,29H,11-12H2,1H3. The van der Waals surface area contributed by atoms with Gasteiger partial charge in [-0.05, 0) is 48.4 Å². The Morgan fingerprint density at radius 3 is 2.52 bits per heavy atom. The Hall–Kier alpha value is -3.66. The molecule has 0 aliphatic rings. The number of halogens is 3. The molecule has 0 aliphatic heterocycles. The summed E-state index contributed by atoms with van der Waals surface area (Å²) < 4.78 is 47.8. The number of ether oxygens (including phenoxy) is 1. The highest BCUT2D eigenvalue weighted by molar-refractivity contribution is 5.58. The third kappa shape index (κ3) is 4.92. The van der Waals surface area contributed by atoms with E-state index in [-0.39, 0.29) is 24.1 Å². The first kappa shape index (κ1) is 20.6.